The standard InChI is InChI=1S/C12H10F4N2S/c1-7-17-5-9(19-7)6-18-11-4-8(12(14,15)16)2-3-10(11)13/h2-5,18H,6H2,1H3. The Balaban J connectivity index is 2.15. The Kier molecular flexibility index (Phi) is 3.75. The topological polar surface area (TPSA) is 24.9 Å². The third kappa shape index (κ3) is 3.44. The van der Waals surface area contributed by atoms with Crippen LogP contribution in [0, 0.1) is 12.7 Å². The van der Waals surface area contributed by atoms with Crippen LogP contribution in [0.15, 0.2) is 24.4 Å². The minimum Gasteiger partial charge on any atom is -0.378 e. The number of hydrogen-bond donors (Lipinski definition) is 1. The molecule has 0 fully saturated rings. The number of thiazole rings is 1. The summed E-state index contributed by atoms with van der Waals surface area (Å²) in [6.07, 6.45) is -2.87. The molecule has 2 rings (SSSR count). The lowest BCUT2D eigenvalue weighted by Gasteiger charge is -2.11. The predicted octanol–water partition coefficient (Wildman–Crippen LogP) is 4.22. The number of rotatable bonds is 3. The molecule has 0 aliphatic heterocycles. The Morgan fingerprint density at radius 2 is 2.05 bits per heavy atom. The molecule has 1 aromatic carbocycles. The third-order valence-electron chi connectivity index (χ3n) is 2.42. The second-order valence-electron chi connectivity index (χ2n) is 3.89. The number of alkyl halides is 3. The van der Waals surface area contributed by atoms with Crippen molar-refractivity contribution in [3.8, 4) is 0 Å². The van der Waals surface area contributed by atoms with Crippen molar-refractivity contribution in [2.75, 3.05) is 5.32 Å². The van der Waals surface area contributed by atoms with Crippen LogP contribution in [0.2, 0.25) is 0 Å². The van der Waals surface area contributed by atoms with Crippen LogP contribution in [-0.4, -0.2) is 4.98 Å². The highest BCUT2D eigenvalue weighted by molar-refractivity contribution is 7.11. The van der Waals surface area contributed by atoms with Crippen LogP contribution in [0.3, 0.4) is 0 Å². The average Bonchev–Trinajstić information content (AvgIpc) is 2.72. The Morgan fingerprint density at radius 1 is 1.32 bits per heavy atom. The highest BCUT2D eigenvalue weighted by Crippen LogP contribution is 2.32. The van der Waals surface area contributed by atoms with E-state index in [1.807, 2.05) is 6.92 Å². The van der Waals surface area contributed by atoms with Gasteiger partial charge >= 0.3 is 6.18 Å². The maximum Gasteiger partial charge on any atom is 0.416 e. The lowest BCUT2D eigenvalue weighted by Crippen LogP contribution is -2.07. The van der Waals surface area contributed by atoms with E-state index in [1.54, 1.807) is 6.20 Å². The Labute approximate surface area is 111 Å². The first-order valence-corrected chi connectivity index (χ1v) is 6.20. The first-order chi connectivity index (χ1) is 8.86. The molecule has 0 bridgehead atoms. The fraction of sp³-hybridized carbons (Fsp3) is 0.250. The summed E-state index contributed by atoms with van der Waals surface area (Å²) in [5, 5.41) is 3.50. The minimum absolute atomic E-state index is 0.166. The summed E-state index contributed by atoms with van der Waals surface area (Å²) >= 11 is 1.40. The normalized spacial score (nSPS) is 11.6. The second-order valence-corrected chi connectivity index (χ2v) is 5.21. The van der Waals surface area contributed by atoms with Crippen molar-refractivity contribution in [3.05, 3.63) is 45.7 Å². The SMILES string of the molecule is Cc1ncc(CNc2cc(C(F)(F)F)ccc2F)s1. The van der Waals surface area contributed by atoms with Crippen molar-refractivity contribution < 1.29 is 17.6 Å². The van der Waals surface area contributed by atoms with Crippen molar-refractivity contribution in [2.24, 2.45) is 0 Å². The van der Waals surface area contributed by atoms with Crippen LogP contribution >= 0.6 is 11.3 Å². The fourth-order valence-corrected chi connectivity index (χ4v) is 2.24. The molecule has 0 aliphatic rings. The number of nitrogens with zero attached hydrogens (tertiary/aromatic N) is 1. The van der Waals surface area contributed by atoms with E-state index in [1.165, 1.54) is 11.3 Å². The molecule has 0 atom stereocenters. The zero-order chi connectivity index (χ0) is 14.0. The second kappa shape index (κ2) is 5.16. The zero-order valence-corrected chi connectivity index (χ0v) is 10.7. The van der Waals surface area contributed by atoms with Gasteiger partial charge in [-0.05, 0) is 25.1 Å². The van der Waals surface area contributed by atoms with Crippen LogP contribution in [-0.2, 0) is 12.7 Å². The van der Waals surface area contributed by atoms with E-state index < -0.39 is 17.6 Å². The van der Waals surface area contributed by atoms with Gasteiger partial charge in [-0.1, -0.05) is 0 Å². The van der Waals surface area contributed by atoms with Gasteiger partial charge in [0.15, 0.2) is 0 Å². The summed E-state index contributed by atoms with van der Waals surface area (Å²) in [7, 11) is 0. The van der Waals surface area contributed by atoms with E-state index in [0.29, 0.717) is 0 Å². The van der Waals surface area contributed by atoms with E-state index >= 15 is 0 Å². The maximum absolute atomic E-state index is 13.4. The van der Waals surface area contributed by atoms with Gasteiger partial charge in [0, 0.05) is 11.1 Å². The summed E-state index contributed by atoms with van der Waals surface area (Å²) in [5.41, 5.74) is -1.04. The highest BCUT2D eigenvalue weighted by atomic mass is 32.1. The molecule has 2 aromatic rings. The molecule has 0 radical (unpaired) electrons. The van der Waals surface area contributed by atoms with Gasteiger partial charge in [0.1, 0.15) is 5.82 Å². The first-order valence-electron chi connectivity index (χ1n) is 5.38. The summed E-state index contributed by atoms with van der Waals surface area (Å²) in [4.78, 5) is 4.84. The smallest absolute Gasteiger partial charge is 0.378 e. The molecule has 0 spiro atoms. The van der Waals surface area contributed by atoms with Gasteiger partial charge < -0.3 is 5.32 Å². The number of benzene rings is 1. The van der Waals surface area contributed by atoms with Crippen molar-refractivity contribution >= 4 is 17.0 Å². The molecule has 0 aliphatic carbocycles. The van der Waals surface area contributed by atoms with E-state index in [4.69, 9.17) is 0 Å². The van der Waals surface area contributed by atoms with Gasteiger partial charge in [0.05, 0.1) is 22.8 Å². The monoisotopic (exact) mass is 290 g/mol. The summed E-state index contributed by atoms with van der Waals surface area (Å²) in [5.74, 6) is -0.714. The van der Waals surface area contributed by atoms with Crippen molar-refractivity contribution in [1.82, 2.24) is 4.98 Å². The van der Waals surface area contributed by atoms with Gasteiger partial charge in [-0.2, -0.15) is 13.2 Å². The Bertz CT molecular complexity index is 577. The van der Waals surface area contributed by atoms with Gasteiger partial charge in [-0.25, -0.2) is 9.37 Å². The Morgan fingerprint density at radius 3 is 2.63 bits per heavy atom. The number of aromatic nitrogens is 1. The zero-order valence-electron chi connectivity index (χ0n) is 9.88. The van der Waals surface area contributed by atoms with Crippen molar-refractivity contribution in [1.29, 1.82) is 0 Å². The van der Waals surface area contributed by atoms with E-state index in [0.717, 1.165) is 28.1 Å². The van der Waals surface area contributed by atoms with Gasteiger partial charge in [0.2, 0.25) is 0 Å². The van der Waals surface area contributed by atoms with Crippen LogP contribution in [0.25, 0.3) is 0 Å². The molecule has 1 heterocycles. The maximum atomic E-state index is 13.4. The molecule has 1 N–H and O–H groups in total. The summed E-state index contributed by atoms with van der Waals surface area (Å²) in [6.45, 7) is 2.06. The van der Waals surface area contributed by atoms with Gasteiger partial charge in [0.25, 0.3) is 0 Å². The summed E-state index contributed by atoms with van der Waals surface area (Å²) in [6, 6.07) is 2.30. The molecule has 102 valence electrons. The molecule has 0 amide bonds. The molecule has 1 aromatic heterocycles. The van der Waals surface area contributed by atoms with Crippen molar-refractivity contribution in [3.63, 3.8) is 0 Å². The van der Waals surface area contributed by atoms with Crippen LogP contribution in [0.5, 0.6) is 0 Å². The number of anilines is 1. The molecule has 0 unspecified atom stereocenters. The largest absolute Gasteiger partial charge is 0.416 e. The Hall–Kier alpha value is -1.63. The molecule has 7 heteroatoms. The number of aryl methyl sites for hydroxylation is 1. The lowest BCUT2D eigenvalue weighted by molar-refractivity contribution is -0.137. The third-order valence-corrected chi connectivity index (χ3v) is 3.33. The van der Waals surface area contributed by atoms with Crippen LogP contribution in [0.4, 0.5) is 23.2 Å². The molecule has 2 nitrogen and oxygen atoms in total. The molecular formula is C12H10F4N2S. The predicted molar refractivity (Wildman–Crippen MR) is 65.6 cm³/mol. The highest BCUT2D eigenvalue weighted by Gasteiger charge is 2.31. The van der Waals surface area contributed by atoms with Crippen LogP contribution < -0.4 is 5.32 Å². The number of halogens is 4. The molecule has 0 saturated carbocycles. The molecule has 19 heavy (non-hydrogen) atoms. The lowest BCUT2D eigenvalue weighted by atomic mass is 10.2. The average molecular weight is 290 g/mol. The summed E-state index contributed by atoms with van der Waals surface area (Å²) < 4.78 is 50.9. The van der Waals surface area contributed by atoms with E-state index in [-0.39, 0.29) is 12.2 Å². The van der Waals surface area contributed by atoms with E-state index in [9.17, 15) is 17.6 Å². The van der Waals surface area contributed by atoms with Crippen molar-refractivity contribution in [2.45, 2.75) is 19.6 Å². The quantitative estimate of drug-likeness (QED) is 0.856. The van der Waals surface area contributed by atoms with Gasteiger partial charge in [-0.3, -0.25) is 0 Å². The fourth-order valence-electron chi connectivity index (χ4n) is 1.51. The van der Waals surface area contributed by atoms with Crippen LogP contribution in [0.1, 0.15) is 15.4 Å². The van der Waals surface area contributed by atoms with Gasteiger partial charge in [-0.15, -0.1) is 11.3 Å². The number of hydrogen-bond acceptors (Lipinski definition) is 3. The molecule has 0 saturated heterocycles. The molecular weight excluding hydrogens is 280 g/mol. The number of nitrogens with one attached hydrogen (secondary N) is 1. The first kappa shape index (κ1) is 13.8. The van der Waals surface area contributed by atoms with E-state index in [2.05, 4.69) is 10.3 Å². The minimum atomic E-state index is -4.48.